The zero-order chi connectivity index (χ0) is 21.1. The number of amides is 2. The zero-order valence-electron chi connectivity index (χ0n) is 15.8. The number of nitrogens with zero attached hydrogens (tertiary/aromatic N) is 2. The van der Waals surface area contributed by atoms with Crippen molar-refractivity contribution >= 4 is 47.3 Å². The zero-order valence-corrected chi connectivity index (χ0v) is 17.4. The van der Waals surface area contributed by atoms with Crippen LogP contribution >= 0.6 is 23.5 Å². The van der Waals surface area contributed by atoms with Gasteiger partial charge in [0.2, 0.25) is 5.91 Å². The molecule has 1 aromatic heterocycles. The molecule has 3 rings (SSSR count). The molecule has 0 saturated carbocycles. The van der Waals surface area contributed by atoms with Gasteiger partial charge in [-0.15, -0.1) is 23.5 Å². The molecule has 2 aliphatic heterocycles. The lowest BCUT2D eigenvalue weighted by molar-refractivity contribution is -0.671. The van der Waals surface area contributed by atoms with Gasteiger partial charge in [-0.3, -0.25) is 19.3 Å². The molecule has 0 bridgehead atoms. The van der Waals surface area contributed by atoms with Gasteiger partial charge >= 0.3 is 11.9 Å². The molecule has 29 heavy (non-hydrogen) atoms. The van der Waals surface area contributed by atoms with E-state index in [-0.39, 0.29) is 24.0 Å². The van der Waals surface area contributed by atoms with Gasteiger partial charge in [-0.05, 0) is 0 Å². The molecule has 2 atom stereocenters. The number of pyridine rings is 1. The highest BCUT2D eigenvalue weighted by molar-refractivity contribution is 8.00. The summed E-state index contributed by atoms with van der Waals surface area (Å²) in [4.78, 5) is 49.5. The van der Waals surface area contributed by atoms with E-state index >= 15 is 0 Å². The molecule has 2 unspecified atom stereocenters. The van der Waals surface area contributed by atoms with Crippen LogP contribution in [0.2, 0.25) is 0 Å². The number of hydrogen-bond donors (Lipinski definition) is 2. The first-order valence-corrected chi connectivity index (χ1v) is 10.7. The third kappa shape index (κ3) is 4.73. The second kappa shape index (κ2) is 8.87. The second-order valence-electron chi connectivity index (χ2n) is 6.48. The Morgan fingerprint density at radius 3 is 2.69 bits per heavy atom. The lowest BCUT2D eigenvalue weighted by Crippen LogP contribution is -2.70. The van der Waals surface area contributed by atoms with Crippen molar-refractivity contribution in [2.24, 2.45) is 7.05 Å². The normalized spacial score (nSPS) is 20.6. The summed E-state index contributed by atoms with van der Waals surface area (Å²) in [6.07, 6.45) is 3.75. The fourth-order valence-electron chi connectivity index (χ4n) is 2.93. The van der Waals surface area contributed by atoms with Crippen LogP contribution in [0.5, 0.6) is 0 Å². The Kier molecular flexibility index (Phi) is 6.48. The van der Waals surface area contributed by atoms with Gasteiger partial charge < -0.3 is 15.2 Å². The van der Waals surface area contributed by atoms with E-state index in [9.17, 15) is 24.3 Å². The summed E-state index contributed by atoms with van der Waals surface area (Å²) in [6.45, 7) is 1.05. The number of carbonyl (C=O) groups excluding carboxylic acids is 3. The first kappa shape index (κ1) is 21.2. The average Bonchev–Trinajstić information content (AvgIpc) is 2.69. The van der Waals surface area contributed by atoms with Crippen LogP contribution in [0.3, 0.4) is 0 Å². The lowest BCUT2D eigenvalue weighted by Gasteiger charge is -2.49. The van der Waals surface area contributed by atoms with E-state index in [1.54, 1.807) is 0 Å². The lowest BCUT2D eigenvalue weighted by atomic mass is 10.0. The Morgan fingerprint density at radius 1 is 1.38 bits per heavy atom. The van der Waals surface area contributed by atoms with Crippen LogP contribution in [-0.2, 0) is 31.0 Å². The maximum absolute atomic E-state index is 12.5. The van der Waals surface area contributed by atoms with E-state index in [0.717, 1.165) is 9.80 Å². The molecule has 2 amide bonds. The number of carboxylic acid groups (broad SMARTS) is 1. The van der Waals surface area contributed by atoms with E-state index in [2.05, 4.69) is 5.32 Å². The van der Waals surface area contributed by atoms with Crippen LogP contribution in [0, 0.1) is 0 Å². The third-order valence-electron chi connectivity index (χ3n) is 4.33. The summed E-state index contributed by atoms with van der Waals surface area (Å²) in [7, 11) is 1.90. The van der Waals surface area contributed by atoms with Gasteiger partial charge in [0.25, 0.3) is 5.91 Å². The first-order chi connectivity index (χ1) is 13.8. The third-order valence-corrected chi connectivity index (χ3v) is 6.69. The van der Waals surface area contributed by atoms with Gasteiger partial charge in [0.15, 0.2) is 12.4 Å². The number of fused-ring (bicyclic) bond motifs is 1. The van der Waals surface area contributed by atoms with Gasteiger partial charge in [-0.2, -0.15) is 0 Å². The molecule has 3 heterocycles. The van der Waals surface area contributed by atoms with Crippen LogP contribution in [0.4, 0.5) is 0 Å². The largest absolute Gasteiger partial charge is 0.477 e. The van der Waals surface area contributed by atoms with E-state index in [1.165, 1.54) is 30.4 Å². The number of β-lactam (4-membered cyclic amide) rings is 1. The number of hydrogen-bond acceptors (Lipinski definition) is 7. The monoisotopic (exact) mass is 438 g/mol. The highest BCUT2D eigenvalue weighted by Crippen LogP contribution is 2.40. The molecule has 11 heteroatoms. The topological polar surface area (TPSA) is 117 Å². The van der Waals surface area contributed by atoms with Crippen LogP contribution < -0.4 is 9.88 Å². The summed E-state index contributed by atoms with van der Waals surface area (Å²) in [5, 5.41) is 11.7. The van der Waals surface area contributed by atoms with E-state index in [4.69, 9.17) is 4.74 Å². The van der Waals surface area contributed by atoms with Crippen molar-refractivity contribution in [2.75, 3.05) is 18.1 Å². The Bertz CT molecular complexity index is 886. The Morgan fingerprint density at radius 2 is 2.07 bits per heavy atom. The predicted molar refractivity (Wildman–Crippen MR) is 105 cm³/mol. The molecule has 0 spiro atoms. The second-order valence-corrected chi connectivity index (χ2v) is 8.63. The van der Waals surface area contributed by atoms with Crippen LogP contribution in [0.15, 0.2) is 40.7 Å². The number of thioether (sulfide) groups is 2. The molecule has 154 valence electrons. The minimum atomic E-state index is -1.26. The van der Waals surface area contributed by atoms with Crippen molar-refractivity contribution < 1.29 is 33.6 Å². The standard InChI is InChI=1S/C18H19N3O6S2/c1-10(22)27-7-11-8-29-17-14(16(24)21(17)15(11)18(25)26)19-13(23)9-28-12-3-5-20(2)6-4-12/h3-6,14,17H,7-9H2,1-2H3,(H-,19,23,25,26)/p+1. The van der Waals surface area contributed by atoms with Gasteiger partial charge in [0.1, 0.15) is 30.8 Å². The van der Waals surface area contributed by atoms with Gasteiger partial charge in [-0.1, -0.05) is 0 Å². The number of esters is 1. The van der Waals surface area contributed by atoms with Gasteiger partial charge in [-0.25, -0.2) is 9.36 Å². The van der Waals surface area contributed by atoms with Crippen molar-refractivity contribution in [3.8, 4) is 0 Å². The molecule has 2 N–H and O–H groups in total. The summed E-state index contributed by atoms with van der Waals surface area (Å²) in [5.41, 5.74) is 0.192. The van der Waals surface area contributed by atoms with Crippen molar-refractivity contribution in [1.29, 1.82) is 0 Å². The highest BCUT2D eigenvalue weighted by atomic mass is 32.2. The highest BCUT2D eigenvalue weighted by Gasteiger charge is 2.54. The molecule has 1 fully saturated rings. The summed E-state index contributed by atoms with van der Waals surface area (Å²) in [5.74, 6) is -2.12. The number of nitrogens with one attached hydrogen (secondary N) is 1. The number of ether oxygens (including phenoxy) is 1. The minimum Gasteiger partial charge on any atom is -0.477 e. The number of aromatic nitrogens is 1. The number of carboxylic acids is 1. The smallest absolute Gasteiger partial charge is 0.352 e. The molecular weight excluding hydrogens is 418 g/mol. The first-order valence-electron chi connectivity index (χ1n) is 8.68. The molecule has 0 aromatic carbocycles. The van der Waals surface area contributed by atoms with Crippen LogP contribution in [0.25, 0.3) is 0 Å². The summed E-state index contributed by atoms with van der Waals surface area (Å²) < 4.78 is 6.78. The molecular formula is C18H20N3O6S2+. The predicted octanol–water partition coefficient (Wildman–Crippen LogP) is -0.0951. The fourth-order valence-corrected chi connectivity index (χ4v) is 4.95. The SMILES string of the molecule is CC(=O)OCC1=C(C(=O)O)N2C(=O)C(NC(=O)CSc3cc[n+](C)cc3)C2SC1. The maximum Gasteiger partial charge on any atom is 0.352 e. The fraction of sp³-hybridized carbons (Fsp3) is 0.389. The summed E-state index contributed by atoms with van der Waals surface area (Å²) in [6, 6.07) is 3.01. The Balaban J connectivity index is 1.61. The van der Waals surface area contributed by atoms with E-state index in [1.807, 2.05) is 36.1 Å². The minimum absolute atomic E-state index is 0.147. The summed E-state index contributed by atoms with van der Waals surface area (Å²) >= 11 is 2.68. The van der Waals surface area contributed by atoms with E-state index in [0.29, 0.717) is 11.3 Å². The van der Waals surface area contributed by atoms with E-state index < -0.39 is 29.3 Å². The number of aliphatic carboxylic acids is 1. The Labute approximate surface area is 175 Å². The molecule has 2 aliphatic rings. The maximum atomic E-state index is 12.5. The quantitative estimate of drug-likeness (QED) is 0.262. The van der Waals surface area contributed by atoms with Gasteiger partial charge in [0.05, 0.1) is 5.75 Å². The molecule has 0 radical (unpaired) electrons. The average molecular weight is 439 g/mol. The number of rotatable bonds is 7. The van der Waals surface area contributed by atoms with Crippen LogP contribution in [0.1, 0.15) is 6.92 Å². The van der Waals surface area contributed by atoms with Crippen molar-refractivity contribution in [1.82, 2.24) is 10.2 Å². The molecule has 1 aromatic rings. The van der Waals surface area contributed by atoms with Crippen molar-refractivity contribution in [3.63, 3.8) is 0 Å². The molecule has 0 aliphatic carbocycles. The van der Waals surface area contributed by atoms with Crippen LogP contribution in [-0.4, -0.2) is 63.3 Å². The molecule has 1 saturated heterocycles. The van der Waals surface area contributed by atoms with Gasteiger partial charge in [0, 0.05) is 35.3 Å². The number of aryl methyl sites for hydroxylation is 1. The van der Waals surface area contributed by atoms with Crippen molar-refractivity contribution in [2.45, 2.75) is 23.2 Å². The van der Waals surface area contributed by atoms with Crippen molar-refractivity contribution in [3.05, 3.63) is 35.8 Å². The number of carbonyl (C=O) groups is 4. The Hall–Kier alpha value is -2.53. The molecule has 9 nitrogen and oxygen atoms in total.